The van der Waals surface area contributed by atoms with E-state index in [9.17, 15) is 14.0 Å². The van der Waals surface area contributed by atoms with Crippen molar-refractivity contribution in [3.63, 3.8) is 0 Å². The topological polar surface area (TPSA) is 58.6 Å². The lowest BCUT2D eigenvalue weighted by molar-refractivity contribution is -0.117. The first-order chi connectivity index (χ1) is 12.5. The van der Waals surface area contributed by atoms with Gasteiger partial charge in [0.1, 0.15) is 0 Å². The highest BCUT2D eigenvalue weighted by molar-refractivity contribution is 5.97. The average Bonchev–Trinajstić information content (AvgIpc) is 3.07. The molecule has 0 aromatic heterocycles. The van der Waals surface area contributed by atoms with Gasteiger partial charge in [0.15, 0.2) is 11.6 Å². The quantitative estimate of drug-likeness (QED) is 0.893. The molecule has 2 aromatic carbocycles. The van der Waals surface area contributed by atoms with Crippen molar-refractivity contribution in [2.24, 2.45) is 0 Å². The molecule has 0 aliphatic carbocycles. The average molecular weight is 356 g/mol. The first-order valence-electron chi connectivity index (χ1n) is 8.54. The molecule has 26 heavy (non-hydrogen) atoms. The molecule has 6 heteroatoms. The van der Waals surface area contributed by atoms with Crippen LogP contribution in [0.15, 0.2) is 42.5 Å². The molecule has 2 aromatic rings. The lowest BCUT2D eigenvalue weighted by Gasteiger charge is -2.17. The second kappa shape index (κ2) is 7.56. The first kappa shape index (κ1) is 17.9. The van der Waals surface area contributed by atoms with Gasteiger partial charge in [0.2, 0.25) is 5.91 Å². The lowest BCUT2D eigenvalue weighted by Crippen LogP contribution is -2.27. The lowest BCUT2D eigenvalue weighted by atomic mass is 10.1. The number of amides is 2. The Morgan fingerprint density at radius 1 is 1.23 bits per heavy atom. The van der Waals surface area contributed by atoms with Crippen molar-refractivity contribution in [1.29, 1.82) is 0 Å². The van der Waals surface area contributed by atoms with Crippen LogP contribution in [0.1, 0.15) is 41.7 Å². The Labute approximate surface area is 151 Å². The van der Waals surface area contributed by atoms with Crippen molar-refractivity contribution in [3.05, 3.63) is 59.4 Å². The summed E-state index contributed by atoms with van der Waals surface area (Å²) < 4.78 is 18.7. The van der Waals surface area contributed by atoms with Crippen LogP contribution in [0.2, 0.25) is 0 Å². The van der Waals surface area contributed by atoms with Crippen molar-refractivity contribution in [3.8, 4) is 5.75 Å². The number of benzene rings is 2. The van der Waals surface area contributed by atoms with Crippen molar-refractivity contribution in [1.82, 2.24) is 5.32 Å². The zero-order chi connectivity index (χ0) is 18.7. The molecule has 1 N–H and O–H groups in total. The van der Waals surface area contributed by atoms with Crippen LogP contribution in [0.25, 0.3) is 0 Å². The highest BCUT2D eigenvalue weighted by atomic mass is 19.1. The van der Waals surface area contributed by atoms with Crippen LogP contribution in [0.5, 0.6) is 5.75 Å². The van der Waals surface area contributed by atoms with Crippen molar-refractivity contribution in [2.75, 3.05) is 18.6 Å². The molecular formula is C20H21FN2O3. The van der Waals surface area contributed by atoms with Gasteiger partial charge in [0.25, 0.3) is 5.91 Å². The van der Waals surface area contributed by atoms with Crippen LogP contribution in [-0.4, -0.2) is 25.5 Å². The van der Waals surface area contributed by atoms with E-state index in [0.29, 0.717) is 24.1 Å². The smallest absolute Gasteiger partial charge is 0.251 e. The molecule has 136 valence electrons. The summed E-state index contributed by atoms with van der Waals surface area (Å²) in [6.45, 7) is 2.50. The Morgan fingerprint density at radius 2 is 1.96 bits per heavy atom. The summed E-state index contributed by atoms with van der Waals surface area (Å²) in [4.78, 5) is 25.9. The molecule has 0 bridgehead atoms. The molecule has 1 aliphatic heterocycles. The van der Waals surface area contributed by atoms with Gasteiger partial charge in [-0.1, -0.05) is 6.07 Å². The summed E-state index contributed by atoms with van der Waals surface area (Å²) in [5, 5.41) is 2.85. The van der Waals surface area contributed by atoms with E-state index in [2.05, 4.69) is 5.32 Å². The minimum Gasteiger partial charge on any atom is -0.494 e. The molecule has 0 unspecified atom stereocenters. The third-order valence-electron chi connectivity index (χ3n) is 4.54. The standard InChI is InChI=1S/C20H21FN2O3/c1-13(15-7-10-18(26-2)17(21)12-15)22-20(25)14-5-8-16(9-6-14)23-11-3-4-19(23)24/h5-10,12-13H,3-4,11H2,1-2H3,(H,22,25)/t13-/m0/s1. The number of halogens is 1. The molecule has 0 spiro atoms. The fraction of sp³-hybridized carbons (Fsp3) is 0.300. The SMILES string of the molecule is COc1ccc([C@H](C)NC(=O)c2ccc(N3CCCC3=O)cc2)cc1F. The summed E-state index contributed by atoms with van der Waals surface area (Å²) in [6, 6.07) is 11.2. The summed E-state index contributed by atoms with van der Waals surface area (Å²) in [6.07, 6.45) is 1.43. The normalized spacial score (nSPS) is 15.0. The molecule has 0 saturated carbocycles. The van der Waals surface area contributed by atoms with Crippen LogP contribution >= 0.6 is 0 Å². The maximum absolute atomic E-state index is 13.8. The molecular weight excluding hydrogens is 335 g/mol. The van der Waals surface area contributed by atoms with Crippen LogP contribution in [-0.2, 0) is 4.79 Å². The van der Waals surface area contributed by atoms with Crippen molar-refractivity contribution >= 4 is 17.5 Å². The predicted octanol–water partition coefficient (Wildman–Crippen LogP) is 3.45. The maximum Gasteiger partial charge on any atom is 0.251 e. The molecule has 1 fully saturated rings. The van der Waals surface area contributed by atoms with E-state index in [-0.39, 0.29) is 23.6 Å². The van der Waals surface area contributed by atoms with Crippen molar-refractivity contribution < 1.29 is 18.7 Å². The zero-order valence-corrected chi connectivity index (χ0v) is 14.8. The van der Waals surface area contributed by atoms with E-state index in [4.69, 9.17) is 4.74 Å². The van der Waals surface area contributed by atoms with Gasteiger partial charge in [-0.15, -0.1) is 0 Å². The molecule has 2 amide bonds. The molecule has 1 atom stereocenters. The summed E-state index contributed by atoms with van der Waals surface area (Å²) in [5.41, 5.74) is 1.94. The van der Waals surface area contributed by atoms with Crippen molar-refractivity contribution in [2.45, 2.75) is 25.8 Å². The van der Waals surface area contributed by atoms with E-state index in [1.807, 2.05) is 0 Å². The maximum atomic E-state index is 13.8. The minimum absolute atomic E-state index is 0.109. The predicted molar refractivity (Wildman–Crippen MR) is 96.9 cm³/mol. The van der Waals surface area contributed by atoms with Crippen LogP contribution in [0.3, 0.4) is 0 Å². The fourth-order valence-corrected chi connectivity index (χ4v) is 3.03. The number of anilines is 1. The zero-order valence-electron chi connectivity index (χ0n) is 14.8. The molecule has 1 aliphatic rings. The van der Waals surface area contributed by atoms with E-state index in [0.717, 1.165) is 12.1 Å². The van der Waals surface area contributed by atoms with Gasteiger partial charge < -0.3 is 15.0 Å². The van der Waals surface area contributed by atoms with Gasteiger partial charge in [0.05, 0.1) is 13.2 Å². The largest absolute Gasteiger partial charge is 0.494 e. The number of carbonyl (C=O) groups excluding carboxylic acids is 2. The van der Waals surface area contributed by atoms with E-state index in [1.54, 1.807) is 42.2 Å². The van der Waals surface area contributed by atoms with E-state index < -0.39 is 5.82 Å². The number of nitrogens with zero attached hydrogens (tertiary/aromatic N) is 1. The highest BCUT2D eigenvalue weighted by Gasteiger charge is 2.22. The van der Waals surface area contributed by atoms with Gasteiger partial charge in [-0.3, -0.25) is 9.59 Å². The molecule has 0 radical (unpaired) electrons. The summed E-state index contributed by atoms with van der Waals surface area (Å²) in [5.74, 6) is -0.449. The Hall–Kier alpha value is -2.89. The van der Waals surface area contributed by atoms with Crippen LogP contribution in [0.4, 0.5) is 10.1 Å². The first-order valence-corrected chi connectivity index (χ1v) is 8.54. The third kappa shape index (κ3) is 3.69. The van der Waals surface area contributed by atoms with Gasteiger partial charge in [-0.2, -0.15) is 0 Å². The number of carbonyl (C=O) groups is 2. The Balaban J connectivity index is 1.67. The highest BCUT2D eigenvalue weighted by Crippen LogP contribution is 2.23. The molecule has 1 heterocycles. The fourth-order valence-electron chi connectivity index (χ4n) is 3.03. The number of ether oxygens (including phenoxy) is 1. The number of hydrogen-bond donors (Lipinski definition) is 1. The van der Waals surface area contributed by atoms with Gasteiger partial charge in [-0.25, -0.2) is 4.39 Å². The van der Waals surface area contributed by atoms with Gasteiger partial charge in [0, 0.05) is 24.2 Å². The Morgan fingerprint density at radius 3 is 2.54 bits per heavy atom. The van der Waals surface area contributed by atoms with Crippen LogP contribution in [0, 0.1) is 5.82 Å². The number of methoxy groups -OCH3 is 1. The molecule has 5 nitrogen and oxygen atoms in total. The number of hydrogen-bond acceptors (Lipinski definition) is 3. The number of rotatable bonds is 5. The number of nitrogens with one attached hydrogen (secondary N) is 1. The minimum atomic E-state index is -0.467. The Kier molecular flexibility index (Phi) is 5.21. The Bertz CT molecular complexity index is 820. The molecule has 1 saturated heterocycles. The summed E-state index contributed by atoms with van der Waals surface area (Å²) >= 11 is 0. The second-order valence-corrected chi connectivity index (χ2v) is 6.28. The monoisotopic (exact) mass is 356 g/mol. The summed E-state index contributed by atoms with van der Waals surface area (Å²) in [7, 11) is 1.41. The van der Waals surface area contributed by atoms with E-state index >= 15 is 0 Å². The van der Waals surface area contributed by atoms with Gasteiger partial charge in [-0.05, 0) is 55.3 Å². The van der Waals surface area contributed by atoms with E-state index in [1.165, 1.54) is 19.2 Å². The third-order valence-corrected chi connectivity index (χ3v) is 4.54. The van der Waals surface area contributed by atoms with Crippen LogP contribution < -0.4 is 15.0 Å². The second-order valence-electron chi connectivity index (χ2n) is 6.28. The molecule has 3 rings (SSSR count). The van der Waals surface area contributed by atoms with Gasteiger partial charge >= 0.3 is 0 Å².